The van der Waals surface area contributed by atoms with Gasteiger partial charge in [-0.3, -0.25) is 19.8 Å². The number of aromatic nitrogens is 1. The van der Waals surface area contributed by atoms with Gasteiger partial charge in [0.25, 0.3) is 11.6 Å². The van der Waals surface area contributed by atoms with Crippen molar-refractivity contribution in [3.8, 4) is 5.69 Å². The maximum absolute atomic E-state index is 13.1. The first-order valence-electron chi connectivity index (χ1n) is 9.32. The van der Waals surface area contributed by atoms with E-state index in [9.17, 15) is 14.9 Å². The second kappa shape index (κ2) is 8.37. The van der Waals surface area contributed by atoms with Crippen molar-refractivity contribution in [2.24, 2.45) is 0 Å². The predicted molar refractivity (Wildman–Crippen MR) is 129 cm³/mol. The standard InChI is InChI=1S/C22H18N4O3S2/c1-23(2)15-8-10-16(11-9-15)25-21(27)20(31-22(25)30)14-18-7-4-12-24(18)17-5-3-6-19(13-17)26(28)29/h3-14H,1-2H3/b20-14-. The van der Waals surface area contributed by atoms with Gasteiger partial charge in [0.15, 0.2) is 4.32 Å². The van der Waals surface area contributed by atoms with Gasteiger partial charge in [0.1, 0.15) is 0 Å². The van der Waals surface area contributed by atoms with Crippen molar-refractivity contribution >= 4 is 57.3 Å². The molecule has 0 bridgehead atoms. The Morgan fingerprint density at radius 1 is 1.06 bits per heavy atom. The summed E-state index contributed by atoms with van der Waals surface area (Å²) in [5.74, 6) is -0.195. The number of non-ortho nitro benzene ring substituents is 1. The molecule has 1 aliphatic rings. The van der Waals surface area contributed by atoms with E-state index < -0.39 is 4.92 Å². The number of amides is 1. The lowest BCUT2D eigenvalue weighted by atomic mass is 10.2. The number of anilines is 2. The maximum Gasteiger partial charge on any atom is 0.271 e. The van der Waals surface area contributed by atoms with Crippen LogP contribution in [0.4, 0.5) is 17.1 Å². The van der Waals surface area contributed by atoms with Crippen molar-refractivity contribution in [3.05, 3.63) is 87.6 Å². The molecule has 0 unspecified atom stereocenters. The molecule has 0 saturated carbocycles. The first-order valence-corrected chi connectivity index (χ1v) is 10.5. The third kappa shape index (κ3) is 4.10. The number of hydrogen-bond acceptors (Lipinski definition) is 6. The fourth-order valence-corrected chi connectivity index (χ4v) is 4.51. The summed E-state index contributed by atoms with van der Waals surface area (Å²) in [7, 11) is 3.90. The Balaban J connectivity index is 1.65. The van der Waals surface area contributed by atoms with Crippen LogP contribution in [-0.4, -0.2) is 33.8 Å². The summed E-state index contributed by atoms with van der Waals surface area (Å²) in [4.78, 5) is 27.8. The summed E-state index contributed by atoms with van der Waals surface area (Å²) in [5, 5.41) is 11.1. The summed E-state index contributed by atoms with van der Waals surface area (Å²) in [6.45, 7) is 0. The van der Waals surface area contributed by atoms with Crippen molar-refractivity contribution in [2.45, 2.75) is 0 Å². The van der Waals surface area contributed by atoms with Crippen LogP contribution in [0.2, 0.25) is 0 Å². The van der Waals surface area contributed by atoms with Gasteiger partial charge < -0.3 is 9.47 Å². The second-order valence-corrected chi connectivity index (χ2v) is 8.68. The second-order valence-electron chi connectivity index (χ2n) is 7.01. The van der Waals surface area contributed by atoms with E-state index in [1.165, 1.54) is 28.8 Å². The number of hydrogen-bond donors (Lipinski definition) is 0. The molecule has 1 aromatic heterocycles. The van der Waals surface area contributed by atoms with E-state index in [1.54, 1.807) is 29.0 Å². The lowest BCUT2D eigenvalue weighted by Gasteiger charge is -2.17. The van der Waals surface area contributed by atoms with Crippen LogP contribution in [0.25, 0.3) is 11.8 Å². The monoisotopic (exact) mass is 450 g/mol. The van der Waals surface area contributed by atoms with Gasteiger partial charge in [0.2, 0.25) is 0 Å². The number of rotatable bonds is 5. The number of thiocarbonyl (C=S) groups is 1. The molecule has 2 aromatic carbocycles. The summed E-state index contributed by atoms with van der Waals surface area (Å²) >= 11 is 6.70. The number of nitrogens with zero attached hydrogens (tertiary/aromatic N) is 4. The van der Waals surface area contributed by atoms with Crippen molar-refractivity contribution in [1.29, 1.82) is 0 Å². The summed E-state index contributed by atoms with van der Waals surface area (Å²) in [6.07, 6.45) is 3.55. The fraction of sp³-hybridized carbons (Fsp3) is 0.0909. The molecule has 1 aliphatic heterocycles. The SMILES string of the molecule is CN(C)c1ccc(N2C(=O)/C(=C/c3cccn3-c3cccc([N+](=O)[O-])c3)SC2=S)cc1. The minimum absolute atomic E-state index is 0.00430. The molecular formula is C22H18N4O3S2. The quantitative estimate of drug-likeness (QED) is 0.239. The van der Waals surface area contributed by atoms with Gasteiger partial charge >= 0.3 is 0 Å². The largest absolute Gasteiger partial charge is 0.378 e. The average molecular weight is 451 g/mol. The van der Waals surface area contributed by atoms with Gasteiger partial charge in [0.05, 0.1) is 21.2 Å². The molecule has 156 valence electrons. The highest BCUT2D eigenvalue weighted by atomic mass is 32.2. The molecule has 2 heterocycles. The molecule has 31 heavy (non-hydrogen) atoms. The molecule has 3 aromatic rings. The van der Waals surface area contributed by atoms with E-state index in [1.807, 2.05) is 55.4 Å². The van der Waals surface area contributed by atoms with Crippen molar-refractivity contribution in [2.75, 3.05) is 23.9 Å². The highest BCUT2D eigenvalue weighted by Gasteiger charge is 2.33. The number of benzene rings is 2. The van der Waals surface area contributed by atoms with Crippen molar-refractivity contribution in [1.82, 2.24) is 4.57 Å². The van der Waals surface area contributed by atoms with E-state index in [2.05, 4.69) is 0 Å². The van der Waals surface area contributed by atoms with Crippen LogP contribution >= 0.6 is 24.0 Å². The summed E-state index contributed by atoms with van der Waals surface area (Å²) in [6, 6.07) is 17.6. The van der Waals surface area contributed by atoms with Crippen LogP contribution in [0.3, 0.4) is 0 Å². The summed E-state index contributed by atoms with van der Waals surface area (Å²) < 4.78 is 2.26. The molecule has 0 radical (unpaired) electrons. The number of nitro benzene ring substituents is 1. The van der Waals surface area contributed by atoms with Gasteiger partial charge in [-0.25, -0.2) is 0 Å². The minimum atomic E-state index is -0.431. The first kappa shape index (κ1) is 20.8. The van der Waals surface area contributed by atoms with Gasteiger partial charge in [-0.2, -0.15) is 0 Å². The number of carbonyl (C=O) groups excluding carboxylic acids is 1. The first-order chi connectivity index (χ1) is 14.8. The van der Waals surface area contributed by atoms with E-state index in [4.69, 9.17) is 12.2 Å². The van der Waals surface area contributed by atoms with Crippen LogP contribution in [0.5, 0.6) is 0 Å². The Hall–Kier alpha value is -3.43. The van der Waals surface area contributed by atoms with Crippen LogP contribution in [0, 0.1) is 10.1 Å². The minimum Gasteiger partial charge on any atom is -0.378 e. The zero-order chi connectivity index (χ0) is 22.1. The van der Waals surface area contributed by atoms with Gasteiger partial charge in [0, 0.05) is 43.8 Å². The maximum atomic E-state index is 13.1. The normalized spacial score (nSPS) is 15.0. The van der Waals surface area contributed by atoms with Crippen LogP contribution < -0.4 is 9.80 Å². The molecule has 9 heteroatoms. The van der Waals surface area contributed by atoms with Crippen LogP contribution in [0.15, 0.2) is 71.8 Å². The molecule has 1 fully saturated rings. The zero-order valence-corrected chi connectivity index (χ0v) is 18.4. The van der Waals surface area contributed by atoms with E-state index in [0.29, 0.717) is 20.6 Å². The Bertz CT molecular complexity index is 1220. The fourth-order valence-electron chi connectivity index (χ4n) is 3.23. The highest BCUT2D eigenvalue weighted by Crippen LogP contribution is 2.36. The van der Waals surface area contributed by atoms with E-state index in [-0.39, 0.29) is 11.6 Å². The molecule has 0 spiro atoms. The molecule has 4 rings (SSSR count). The Labute approximate surface area is 188 Å². The van der Waals surface area contributed by atoms with Gasteiger partial charge in [-0.15, -0.1) is 0 Å². The third-order valence-corrected chi connectivity index (χ3v) is 6.10. The van der Waals surface area contributed by atoms with Crippen molar-refractivity contribution in [3.63, 3.8) is 0 Å². The molecule has 0 atom stereocenters. The topological polar surface area (TPSA) is 71.6 Å². The smallest absolute Gasteiger partial charge is 0.271 e. The highest BCUT2D eigenvalue weighted by molar-refractivity contribution is 8.27. The molecule has 0 aliphatic carbocycles. The number of carbonyl (C=O) groups is 1. The summed E-state index contributed by atoms with van der Waals surface area (Å²) in [5.41, 5.74) is 3.11. The predicted octanol–water partition coefficient (Wildman–Crippen LogP) is 4.86. The Morgan fingerprint density at radius 2 is 1.81 bits per heavy atom. The third-order valence-electron chi connectivity index (χ3n) is 4.80. The lowest BCUT2D eigenvalue weighted by molar-refractivity contribution is -0.384. The Morgan fingerprint density at radius 3 is 2.48 bits per heavy atom. The zero-order valence-electron chi connectivity index (χ0n) is 16.8. The van der Waals surface area contributed by atoms with E-state index in [0.717, 1.165) is 11.4 Å². The van der Waals surface area contributed by atoms with Gasteiger partial charge in [-0.1, -0.05) is 30.0 Å². The van der Waals surface area contributed by atoms with Crippen molar-refractivity contribution < 1.29 is 9.72 Å². The van der Waals surface area contributed by atoms with Crippen LogP contribution in [-0.2, 0) is 4.79 Å². The number of nitro groups is 1. The molecule has 1 amide bonds. The Kier molecular flexibility index (Phi) is 5.62. The van der Waals surface area contributed by atoms with E-state index >= 15 is 0 Å². The molecular weight excluding hydrogens is 432 g/mol. The van der Waals surface area contributed by atoms with Crippen LogP contribution in [0.1, 0.15) is 5.69 Å². The molecule has 1 saturated heterocycles. The number of thioether (sulfide) groups is 1. The average Bonchev–Trinajstić information content (AvgIpc) is 3.32. The molecule has 0 N–H and O–H groups in total. The van der Waals surface area contributed by atoms with Gasteiger partial charge in [-0.05, 0) is 48.5 Å². The lowest BCUT2D eigenvalue weighted by Crippen LogP contribution is -2.27. The molecule has 7 nitrogen and oxygen atoms in total.